The topological polar surface area (TPSA) is 36.4 Å². The maximum atomic E-state index is 4.33. The number of nitrogens with one attached hydrogen (secondary N) is 2. The van der Waals surface area contributed by atoms with E-state index in [1.54, 1.807) is 0 Å². The number of nitrogens with zero attached hydrogens (tertiary/aromatic N) is 1. The summed E-state index contributed by atoms with van der Waals surface area (Å²) in [5, 5.41) is 7.04. The van der Waals surface area contributed by atoms with Crippen molar-refractivity contribution in [3.05, 3.63) is 0 Å². The summed E-state index contributed by atoms with van der Waals surface area (Å²) in [5.41, 5.74) is 0. The van der Waals surface area contributed by atoms with Gasteiger partial charge in [0.2, 0.25) is 0 Å². The zero-order valence-electron chi connectivity index (χ0n) is 12.6. The van der Waals surface area contributed by atoms with Gasteiger partial charge in [-0.05, 0) is 31.6 Å². The summed E-state index contributed by atoms with van der Waals surface area (Å²) in [6.45, 7) is 4.41. The van der Waals surface area contributed by atoms with E-state index in [9.17, 15) is 0 Å². The lowest BCUT2D eigenvalue weighted by atomic mass is 9.85. The van der Waals surface area contributed by atoms with Crippen molar-refractivity contribution in [2.24, 2.45) is 16.8 Å². The third-order valence-corrected chi connectivity index (χ3v) is 4.64. The van der Waals surface area contributed by atoms with Crippen LogP contribution in [0.1, 0.15) is 58.8 Å². The first-order valence-electron chi connectivity index (χ1n) is 7.74. The first kappa shape index (κ1) is 17.1. The van der Waals surface area contributed by atoms with Crippen molar-refractivity contribution in [2.45, 2.75) is 70.9 Å². The van der Waals surface area contributed by atoms with Gasteiger partial charge >= 0.3 is 0 Å². The highest BCUT2D eigenvalue weighted by atomic mass is 127. The summed E-state index contributed by atoms with van der Waals surface area (Å²) in [6.07, 6.45) is 9.77. The Balaban J connectivity index is 0.00000180. The first-order chi connectivity index (χ1) is 8.74. The summed E-state index contributed by atoms with van der Waals surface area (Å²) in [7, 11) is 1.87. The molecule has 2 saturated carbocycles. The van der Waals surface area contributed by atoms with Gasteiger partial charge in [-0.15, -0.1) is 24.0 Å². The van der Waals surface area contributed by atoms with Gasteiger partial charge in [0.25, 0.3) is 0 Å². The fourth-order valence-electron chi connectivity index (χ4n) is 3.15. The molecule has 112 valence electrons. The third-order valence-electron chi connectivity index (χ3n) is 4.64. The second-order valence-corrected chi connectivity index (χ2v) is 6.07. The van der Waals surface area contributed by atoms with Crippen LogP contribution in [0.25, 0.3) is 0 Å². The highest BCUT2D eigenvalue weighted by Crippen LogP contribution is 2.44. The zero-order chi connectivity index (χ0) is 13.0. The molecule has 0 heterocycles. The molecule has 0 aromatic heterocycles. The predicted octanol–water partition coefficient (Wildman–Crippen LogP) is 3.54. The molecule has 0 aromatic carbocycles. The minimum Gasteiger partial charge on any atom is -0.354 e. The second kappa shape index (κ2) is 8.32. The SMILES string of the molecule is CCC(C)NC(=NC)NC1CC1C1CCCCC1.I. The van der Waals surface area contributed by atoms with Gasteiger partial charge in [-0.1, -0.05) is 39.0 Å². The molecule has 0 radical (unpaired) electrons. The molecule has 2 rings (SSSR count). The van der Waals surface area contributed by atoms with Crippen LogP contribution >= 0.6 is 24.0 Å². The van der Waals surface area contributed by atoms with E-state index < -0.39 is 0 Å². The summed E-state index contributed by atoms with van der Waals surface area (Å²) in [5.74, 6) is 2.89. The summed E-state index contributed by atoms with van der Waals surface area (Å²) >= 11 is 0. The van der Waals surface area contributed by atoms with E-state index in [-0.39, 0.29) is 24.0 Å². The molecule has 0 bridgehead atoms. The van der Waals surface area contributed by atoms with Gasteiger partial charge in [-0.25, -0.2) is 0 Å². The lowest BCUT2D eigenvalue weighted by Gasteiger charge is -2.22. The normalized spacial score (nSPS) is 29.3. The lowest BCUT2D eigenvalue weighted by molar-refractivity contribution is 0.315. The van der Waals surface area contributed by atoms with Crippen LogP contribution in [0.15, 0.2) is 4.99 Å². The van der Waals surface area contributed by atoms with Crippen LogP contribution in [-0.2, 0) is 0 Å². The molecule has 0 spiro atoms. The quantitative estimate of drug-likeness (QED) is 0.445. The smallest absolute Gasteiger partial charge is 0.191 e. The van der Waals surface area contributed by atoms with Crippen LogP contribution < -0.4 is 10.6 Å². The molecule has 0 aliphatic heterocycles. The summed E-state index contributed by atoms with van der Waals surface area (Å²) in [4.78, 5) is 4.33. The second-order valence-electron chi connectivity index (χ2n) is 6.07. The number of aliphatic imine (C=N–C) groups is 1. The van der Waals surface area contributed by atoms with Gasteiger partial charge in [-0.2, -0.15) is 0 Å². The molecule has 19 heavy (non-hydrogen) atoms. The molecule has 0 saturated heterocycles. The molecular formula is C15H30IN3. The van der Waals surface area contributed by atoms with Gasteiger partial charge < -0.3 is 10.6 Å². The van der Waals surface area contributed by atoms with E-state index in [0.29, 0.717) is 12.1 Å². The molecule has 2 fully saturated rings. The minimum absolute atomic E-state index is 0. The Hall–Kier alpha value is 0. The molecule has 3 atom stereocenters. The molecule has 4 heteroatoms. The number of hydrogen-bond acceptors (Lipinski definition) is 1. The molecule has 0 amide bonds. The Morgan fingerprint density at radius 2 is 1.95 bits per heavy atom. The largest absolute Gasteiger partial charge is 0.354 e. The highest BCUT2D eigenvalue weighted by molar-refractivity contribution is 14.0. The number of halogens is 1. The molecule has 2 aliphatic rings. The van der Waals surface area contributed by atoms with Crippen molar-refractivity contribution in [1.82, 2.24) is 10.6 Å². The van der Waals surface area contributed by atoms with Crippen LogP contribution in [0, 0.1) is 11.8 Å². The van der Waals surface area contributed by atoms with Crippen molar-refractivity contribution in [1.29, 1.82) is 0 Å². The van der Waals surface area contributed by atoms with E-state index in [0.717, 1.165) is 24.2 Å². The lowest BCUT2D eigenvalue weighted by Crippen LogP contribution is -2.43. The van der Waals surface area contributed by atoms with Gasteiger partial charge in [0.15, 0.2) is 5.96 Å². The van der Waals surface area contributed by atoms with E-state index in [1.165, 1.54) is 38.5 Å². The zero-order valence-corrected chi connectivity index (χ0v) is 14.9. The predicted molar refractivity (Wildman–Crippen MR) is 93.3 cm³/mol. The first-order valence-corrected chi connectivity index (χ1v) is 7.74. The van der Waals surface area contributed by atoms with E-state index >= 15 is 0 Å². The number of rotatable bonds is 4. The molecule has 2 N–H and O–H groups in total. The summed E-state index contributed by atoms with van der Waals surface area (Å²) in [6, 6.07) is 1.19. The maximum absolute atomic E-state index is 4.33. The average Bonchev–Trinajstić information content (AvgIpc) is 3.18. The van der Waals surface area contributed by atoms with Gasteiger partial charge in [0.1, 0.15) is 0 Å². The molecule has 3 unspecified atom stereocenters. The Kier molecular flexibility index (Phi) is 7.47. The van der Waals surface area contributed by atoms with Gasteiger partial charge in [0.05, 0.1) is 0 Å². The fraction of sp³-hybridized carbons (Fsp3) is 0.933. The van der Waals surface area contributed by atoms with Crippen LogP contribution in [0.5, 0.6) is 0 Å². The number of hydrogen-bond donors (Lipinski definition) is 2. The standard InChI is InChI=1S/C15H29N3.HI/c1-4-11(2)17-15(16-3)18-14-10-13(14)12-8-6-5-7-9-12;/h11-14H,4-10H2,1-3H3,(H2,16,17,18);1H. The third kappa shape index (κ3) is 5.12. The van der Waals surface area contributed by atoms with Crippen molar-refractivity contribution >= 4 is 29.9 Å². The molecule has 2 aliphatic carbocycles. The van der Waals surface area contributed by atoms with Crippen molar-refractivity contribution in [2.75, 3.05) is 7.05 Å². The molecule has 3 nitrogen and oxygen atoms in total. The Bertz CT molecular complexity index is 287. The Labute approximate surface area is 135 Å². The van der Waals surface area contributed by atoms with E-state index in [2.05, 4.69) is 29.5 Å². The summed E-state index contributed by atoms with van der Waals surface area (Å²) < 4.78 is 0. The van der Waals surface area contributed by atoms with Gasteiger partial charge in [0, 0.05) is 19.1 Å². The molecular weight excluding hydrogens is 349 g/mol. The average molecular weight is 379 g/mol. The van der Waals surface area contributed by atoms with Crippen LogP contribution in [-0.4, -0.2) is 25.1 Å². The van der Waals surface area contributed by atoms with Crippen molar-refractivity contribution < 1.29 is 0 Å². The van der Waals surface area contributed by atoms with E-state index in [1.807, 2.05) is 7.05 Å². The van der Waals surface area contributed by atoms with E-state index in [4.69, 9.17) is 0 Å². The minimum atomic E-state index is 0. The van der Waals surface area contributed by atoms with Crippen LogP contribution in [0.3, 0.4) is 0 Å². The van der Waals surface area contributed by atoms with Crippen LogP contribution in [0.2, 0.25) is 0 Å². The van der Waals surface area contributed by atoms with Crippen LogP contribution in [0.4, 0.5) is 0 Å². The molecule has 0 aromatic rings. The Morgan fingerprint density at radius 3 is 2.53 bits per heavy atom. The van der Waals surface area contributed by atoms with Gasteiger partial charge in [-0.3, -0.25) is 4.99 Å². The van der Waals surface area contributed by atoms with Crippen molar-refractivity contribution in [3.63, 3.8) is 0 Å². The Morgan fingerprint density at radius 1 is 1.26 bits per heavy atom. The highest BCUT2D eigenvalue weighted by Gasteiger charge is 2.43. The maximum Gasteiger partial charge on any atom is 0.191 e. The van der Waals surface area contributed by atoms with Crippen molar-refractivity contribution in [3.8, 4) is 0 Å². The number of guanidine groups is 1. The fourth-order valence-corrected chi connectivity index (χ4v) is 3.15. The monoisotopic (exact) mass is 379 g/mol.